The van der Waals surface area contributed by atoms with E-state index in [-0.39, 0.29) is 18.0 Å². The van der Waals surface area contributed by atoms with Crippen molar-refractivity contribution in [2.45, 2.75) is 51.6 Å². The molecule has 0 fully saturated rings. The van der Waals surface area contributed by atoms with Crippen molar-refractivity contribution in [1.82, 2.24) is 9.97 Å². The third kappa shape index (κ3) is 7.40. The van der Waals surface area contributed by atoms with Crippen LogP contribution in [0.5, 0.6) is 16.6 Å². The molecule has 3 rings (SSSR count). The highest BCUT2D eigenvalue weighted by Crippen LogP contribution is 2.39. The van der Waals surface area contributed by atoms with E-state index in [2.05, 4.69) is 22.2 Å². The number of thiazole rings is 1. The van der Waals surface area contributed by atoms with Crippen LogP contribution in [0.4, 0.5) is 24.0 Å². The molecular formula is C23H26F3N3O2S. The summed E-state index contributed by atoms with van der Waals surface area (Å²) >= 11 is 1.18. The van der Waals surface area contributed by atoms with Gasteiger partial charge in [0, 0.05) is 11.9 Å². The summed E-state index contributed by atoms with van der Waals surface area (Å²) in [6.07, 6.45) is 6.43. The van der Waals surface area contributed by atoms with Gasteiger partial charge in [-0.3, -0.25) is 4.98 Å². The van der Waals surface area contributed by atoms with Crippen molar-refractivity contribution in [2.75, 3.05) is 11.9 Å². The van der Waals surface area contributed by atoms with Gasteiger partial charge in [-0.2, -0.15) is 13.2 Å². The van der Waals surface area contributed by atoms with Gasteiger partial charge in [-0.05, 0) is 36.8 Å². The molecule has 2 heterocycles. The predicted octanol–water partition coefficient (Wildman–Crippen LogP) is 7.83. The van der Waals surface area contributed by atoms with Gasteiger partial charge in [-0.25, -0.2) is 4.98 Å². The maximum absolute atomic E-state index is 13.6. The van der Waals surface area contributed by atoms with Gasteiger partial charge in [-0.15, -0.1) is 0 Å². The van der Waals surface area contributed by atoms with Crippen molar-refractivity contribution in [3.05, 3.63) is 54.5 Å². The molecule has 0 bridgehead atoms. The third-order valence-corrected chi connectivity index (χ3v) is 5.42. The van der Waals surface area contributed by atoms with Crippen LogP contribution in [-0.4, -0.2) is 16.6 Å². The molecule has 0 amide bonds. The Kier molecular flexibility index (Phi) is 8.72. The zero-order valence-corrected chi connectivity index (χ0v) is 18.6. The zero-order valence-electron chi connectivity index (χ0n) is 17.8. The summed E-state index contributed by atoms with van der Waals surface area (Å²) in [7, 11) is 0. The Balaban J connectivity index is 1.60. The molecule has 9 heteroatoms. The maximum atomic E-state index is 13.6. The van der Waals surface area contributed by atoms with E-state index >= 15 is 0 Å². The Morgan fingerprint density at radius 2 is 1.84 bits per heavy atom. The average Bonchev–Trinajstić information content (AvgIpc) is 3.20. The van der Waals surface area contributed by atoms with Gasteiger partial charge in [0.05, 0.1) is 24.6 Å². The fourth-order valence-corrected chi connectivity index (χ4v) is 3.74. The normalized spacial score (nSPS) is 11.4. The number of unbranched alkanes of at least 4 members (excludes halogenated alkanes) is 5. The van der Waals surface area contributed by atoms with Gasteiger partial charge in [0.1, 0.15) is 11.5 Å². The minimum atomic E-state index is -4.52. The van der Waals surface area contributed by atoms with Gasteiger partial charge in [0.2, 0.25) is 5.06 Å². The molecule has 0 aliphatic rings. The van der Waals surface area contributed by atoms with Crippen molar-refractivity contribution in [1.29, 1.82) is 0 Å². The SMILES string of the molecule is CCCCCCCCOc1ccc(Nc2ncc(Oc3cccnc3)s2)cc1C(F)(F)F. The molecule has 0 aliphatic carbocycles. The number of hydrogen-bond donors (Lipinski definition) is 1. The van der Waals surface area contributed by atoms with Crippen LogP contribution in [0, 0.1) is 0 Å². The van der Waals surface area contributed by atoms with Gasteiger partial charge in [-0.1, -0.05) is 50.4 Å². The number of halogens is 3. The smallest absolute Gasteiger partial charge is 0.420 e. The fraction of sp³-hybridized carbons (Fsp3) is 0.391. The molecule has 0 unspecified atom stereocenters. The van der Waals surface area contributed by atoms with E-state index in [1.807, 2.05) is 0 Å². The van der Waals surface area contributed by atoms with E-state index in [4.69, 9.17) is 9.47 Å². The second-order valence-electron chi connectivity index (χ2n) is 7.23. The van der Waals surface area contributed by atoms with Crippen LogP contribution in [0.25, 0.3) is 0 Å². The number of pyridine rings is 1. The lowest BCUT2D eigenvalue weighted by Gasteiger charge is -2.15. The molecular weight excluding hydrogens is 439 g/mol. The highest BCUT2D eigenvalue weighted by molar-refractivity contribution is 7.17. The summed E-state index contributed by atoms with van der Waals surface area (Å²) in [5.41, 5.74) is -0.539. The summed E-state index contributed by atoms with van der Waals surface area (Å²) < 4.78 is 51.8. The summed E-state index contributed by atoms with van der Waals surface area (Å²) in [6.45, 7) is 2.41. The molecule has 172 valence electrons. The van der Waals surface area contributed by atoms with Crippen LogP contribution in [-0.2, 0) is 6.18 Å². The van der Waals surface area contributed by atoms with E-state index < -0.39 is 11.7 Å². The van der Waals surface area contributed by atoms with Crippen molar-refractivity contribution in [3.63, 3.8) is 0 Å². The molecule has 3 aromatic rings. The topological polar surface area (TPSA) is 56.3 Å². The standard InChI is InChI=1S/C23H26F3N3O2S/c1-2-3-4-5-6-7-13-30-20-11-10-17(14-19(20)23(24,25)26)29-22-28-16-21(32-22)31-18-9-8-12-27-15-18/h8-12,14-16H,2-7,13H2,1H3,(H,28,29). The second-order valence-corrected chi connectivity index (χ2v) is 8.22. The van der Waals surface area contributed by atoms with E-state index in [1.54, 1.807) is 30.6 Å². The number of aromatic nitrogens is 2. The van der Waals surface area contributed by atoms with E-state index in [0.29, 0.717) is 15.9 Å². The van der Waals surface area contributed by atoms with E-state index in [1.165, 1.54) is 30.0 Å². The first-order valence-electron chi connectivity index (χ1n) is 10.6. The lowest BCUT2D eigenvalue weighted by molar-refractivity contribution is -0.138. The lowest BCUT2D eigenvalue weighted by atomic mass is 10.1. The van der Waals surface area contributed by atoms with Gasteiger partial charge in [0.15, 0.2) is 5.13 Å². The summed E-state index contributed by atoms with van der Waals surface area (Å²) in [4.78, 5) is 8.13. The molecule has 1 aromatic carbocycles. The minimum Gasteiger partial charge on any atom is -0.493 e. The van der Waals surface area contributed by atoms with Gasteiger partial charge in [0.25, 0.3) is 0 Å². The molecule has 0 radical (unpaired) electrons. The average molecular weight is 466 g/mol. The minimum absolute atomic E-state index is 0.156. The Labute approximate surface area is 189 Å². The highest BCUT2D eigenvalue weighted by Gasteiger charge is 2.34. The molecule has 2 aromatic heterocycles. The molecule has 0 atom stereocenters. The number of hydrogen-bond acceptors (Lipinski definition) is 6. The monoisotopic (exact) mass is 465 g/mol. The predicted molar refractivity (Wildman–Crippen MR) is 120 cm³/mol. The van der Waals surface area contributed by atoms with Crippen molar-refractivity contribution in [2.24, 2.45) is 0 Å². The number of rotatable bonds is 12. The van der Waals surface area contributed by atoms with E-state index in [0.717, 1.165) is 38.2 Å². The molecule has 5 nitrogen and oxygen atoms in total. The molecule has 1 N–H and O–H groups in total. The molecule has 32 heavy (non-hydrogen) atoms. The first kappa shape index (κ1) is 23.8. The van der Waals surface area contributed by atoms with Crippen LogP contribution in [0.1, 0.15) is 51.0 Å². The largest absolute Gasteiger partial charge is 0.493 e. The van der Waals surface area contributed by atoms with Crippen molar-refractivity contribution in [3.8, 4) is 16.6 Å². The van der Waals surface area contributed by atoms with Crippen LogP contribution in [0.15, 0.2) is 48.9 Å². The third-order valence-electron chi connectivity index (χ3n) is 4.63. The van der Waals surface area contributed by atoms with Crippen molar-refractivity contribution >= 4 is 22.2 Å². The first-order chi connectivity index (χ1) is 15.5. The van der Waals surface area contributed by atoms with E-state index in [9.17, 15) is 13.2 Å². The second kappa shape index (κ2) is 11.7. The number of anilines is 2. The number of ether oxygens (including phenoxy) is 2. The fourth-order valence-electron chi connectivity index (χ4n) is 3.03. The Bertz CT molecular complexity index is 965. The van der Waals surface area contributed by atoms with Crippen LogP contribution < -0.4 is 14.8 Å². The van der Waals surface area contributed by atoms with Crippen LogP contribution in [0.2, 0.25) is 0 Å². The van der Waals surface area contributed by atoms with Crippen molar-refractivity contribution < 1.29 is 22.6 Å². The van der Waals surface area contributed by atoms with Crippen LogP contribution >= 0.6 is 11.3 Å². The Morgan fingerprint density at radius 1 is 1.03 bits per heavy atom. The molecule has 0 saturated heterocycles. The van der Waals surface area contributed by atoms with Crippen LogP contribution in [0.3, 0.4) is 0 Å². The maximum Gasteiger partial charge on any atom is 0.420 e. The number of alkyl halides is 3. The summed E-state index contributed by atoms with van der Waals surface area (Å²) in [6, 6.07) is 7.43. The Morgan fingerprint density at radius 3 is 2.59 bits per heavy atom. The number of benzene rings is 1. The molecule has 0 saturated carbocycles. The highest BCUT2D eigenvalue weighted by atomic mass is 32.1. The zero-order chi connectivity index (χ0) is 22.8. The summed E-state index contributed by atoms with van der Waals surface area (Å²) in [5, 5.41) is 3.81. The van der Waals surface area contributed by atoms with Gasteiger partial charge < -0.3 is 14.8 Å². The summed E-state index contributed by atoms with van der Waals surface area (Å²) in [5.74, 6) is 0.394. The first-order valence-corrected chi connectivity index (χ1v) is 11.4. The lowest BCUT2D eigenvalue weighted by Crippen LogP contribution is -2.10. The molecule has 0 aliphatic heterocycles. The Hall–Kier alpha value is -2.81. The molecule has 0 spiro atoms. The number of nitrogens with zero attached hydrogens (tertiary/aromatic N) is 2. The quantitative estimate of drug-likeness (QED) is 0.276. The van der Waals surface area contributed by atoms with Gasteiger partial charge >= 0.3 is 6.18 Å². The number of nitrogens with one attached hydrogen (secondary N) is 1.